The minimum atomic E-state index is -0.563. The first kappa shape index (κ1) is 16.2. The van der Waals surface area contributed by atoms with Gasteiger partial charge in [0.15, 0.2) is 0 Å². The summed E-state index contributed by atoms with van der Waals surface area (Å²) < 4.78 is 5.01. The van der Waals surface area contributed by atoms with Crippen LogP contribution in [0.5, 0.6) is 0 Å². The lowest BCUT2D eigenvalue weighted by atomic mass is 9.97. The van der Waals surface area contributed by atoms with E-state index in [2.05, 4.69) is 0 Å². The normalized spacial score (nSPS) is 18.1. The van der Waals surface area contributed by atoms with Gasteiger partial charge in [0.05, 0.1) is 22.8 Å². The summed E-state index contributed by atoms with van der Waals surface area (Å²) in [5, 5.41) is 20.3. The fourth-order valence-electron chi connectivity index (χ4n) is 2.72. The number of hydrogen-bond acceptors (Lipinski definition) is 6. The Bertz CT molecular complexity index is 561. The molecule has 0 aromatic heterocycles. The molecule has 1 heterocycles. The quantitative estimate of drug-likeness (QED) is 0.508. The number of aliphatic hydroxyl groups is 1. The summed E-state index contributed by atoms with van der Waals surface area (Å²) in [5.74, 6) is -0.411. The first-order valence-electron chi connectivity index (χ1n) is 7.38. The van der Waals surface area contributed by atoms with Crippen LogP contribution < -0.4 is 4.90 Å². The van der Waals surface area contributed by atoms with E-state index in [-0.39, 0.29) is 30.4 Å². The Morgan fingerprint density at radius 1 is 1.55 bits per heavy atom. The zero-order valence-corrected chi connectivity index (χ0v) is 12.5. The van der Waals surface area contributed by atoms with Crippen LogP contribution in [0.2, 0.25) is 0 Å². The molecule has 1 atom stereocenters. The minimum absolute atomic E-state index is 0.0955. The molecule has 1 unspecified atom stereocenters. The number of rotatable bonds is 5. The van der Waals surface area contributed by atoms with E-state index in [0.29, 0.717) is 12.2 Å². The molecule has 0 radical (unpaired) electrons. The molecule has 1 saturated heterocycles. The van der Waals surface area contributed by atoms with Gasteiger partial charge >= 0.3 is 5.97 Å². The van der Waals surface area contributed by atoms with Gasteiger partial charge in [-0.25, -0.2) is 4.79 Å². The summed E-state index contributed by atoms with van der Waals surface area (Å²) in [6.45, 7) is 3.37. The molecule has 7 nitrogen and oxygen atoms in total. The van der Waals surface area contributed by atoms with Crippen molar-refractivity contribution in [2.75, 3.05) is 31.2 Å². The molecule has 0 bridgehead atoms. The lowest BCUT2D eigenvalue weighted by molar-refractivity contribution is -0.384. The molecule has 0 spiro atoms. The van der Waals surface area contributed by atoms with Crippen LogP contribution in [0.3, 0.4) is 0 Å². The van der Waals surface area contributed by atoms with Gasteiger partial charge in [-0.15, -0.1) is 0 Å². The van der Waals surface area contributed by atoms with E-state index >= 15 is 0 Å². The van der Waals surface area contributed by atoms with Crippen molar-refractivity contribution in [2.24, 2.45) is 5.92 Å². The number of anilines is 1. The highest BCUT2D eigenvalue weighted by atomic mass is 16.6. The van der Waals surface area contributed by atoms with Gasteiger partial charge in [0, 0.05) is 31.8 Å². The summed E-state index contributed by atoms with van der Waals surface area (Å²) in [6, 6.07) is 4.24. The fourth-order valence-corrected chi connectivity index (χ4v) is 2.72. The molecule has 7 heteroatoms. The third kappa shape index (κ3) is 3.54. The summed E-state index contributed by atoms with van der Waals surface area (Å²) in [4.78, 5) is 24.5. The number of ether oxygens (including phenoxy) is 1. The Balaban J connectivity index is 2.36. The van der Waals surface area contributed by atoms with Gasteiger partial charge in [-0.05, 0) is 31.7 Å². The maximum Gasteiger partial charge on any atom is 0.340 e. The maximum atomic E-state index is 12.1. The van der Waals surface area contributed by atoms with E-state index in [1.54, 1.807) is 13.0 Å². The van der Waals surface area contributed by atoms with E-state index < -0.39 is 10.9 Å². The van der Waals surface area contributed by atoms with Crippen molar-refractivity contribution in [3.8, 4) is 0 Å². The second-order valence-corrected chi connectivity index (χ2v) is 5.32. The molecule has 0 aliphatic carbocycles. The average molecular weight is 308 g/mol. The Morgan fingerprint density at radius 2 is 2.32 bits per heavy atom. The smallest absolute Gasteiger partial charge is 0.340 e. The second kappa shape index (κ2) is 7.22. The van der Waals surface area contributed by atoms with Crippen molar-refractivity contribution >= 4 is 17.3 Å². The Morgan fingerprint density at radius 3 is 2.95 bits per heavy atom. The van der Waals surface area contributed by atoms with Crippen LogP contribution in [0.25, 0.3) is 0 Å². The molecule has 22 heavy (non-hydrogen) atoms. The van der Waals surface area contributed by atoms with Gasteiger partial charge < -0.3 is 14.7 Å². The lowest BCUT2D eigenvalue weighted by Gasteiger charge is -2.34. The number of nitro benzene ring substituents is 1. The first-order valence-corrected chi connectivity index (χ1v) is 7.38. The first-order chi connectivity index (χ1) is 10.6. The number of non-ortho nitro benzene ring substituents is 1. The number of carbonyl (C=O) groups excluding carboxylic acids is 1. The number of benzene rings is 1. The molecule has 1 aromatic rings. The van der Waals surface area contributed by atoms with Crippen molar-refractivity contribution in [1.82, 2.24) is 0 Å². The number of nitro groups is 1. The minimum Gasteiger partial charge on any atom is -0.462 e. The Kier molecular flexibility index (Phi) is 5.32. The van der Waals surface area contributed by atoms with Crippen LogP contribution in [0, 0.1) is 16.0 Å². The molecule has 1 fully saturated rings. The topological polar surface area (TPSA) is 92.9 Å². The lowest BCUT2D eigenvalue weighted by Crippen LogP contribution is -2.37. The predicted octanol–water partition coefficient (Wildman–Crippen LogP) is 1.98. The number of nitrogens with zero attached hydrogens (tertiary/aromatic N) is 2. The van der Waals surface area contributed by atoms with Gasteiger partial charge in [-0.2, -0.15) is 0 Å². The Labute approximate surface area is 128 Å². The van der Waals surface area contributed by atoms with Gasteiger partial charge in [0.2, 0.25) is 0 Å². The summed E-state index contributed by atoms with van der Waals surface area (Å²) >= 11 is 0. The fraction of sp³-hybridized carbons (Fsp3) is 0.533. The number of hydrogen-bond donors (Lipinski definition) is 1. The standard InChI is InChI=1S/C15H20N2O5/c1-2-22-15(19)13-8-12(17(20)21)5-6-14(13)16-7-3-4-11(9-16)10-18/h5-6,8,11,18H,2-4,7,9-10H2,1H3. The molecule has 1 aromatic carbocycles. The molecule has 0 amide bonds. The van der Waals surface area contributed by atoms with Crippen LogP contribution in [-0.4, -0.2) is 42.3 Å². The average Bonchev–Trinajstić information content (AvgIpc) is 2.54. The second-order valence-electron chi connectivity index (χ2n) is 5.32. The number of esters is 1. The van der Waals surface area contributed by atoms with Crippen LogP contribution in [-0.2, 0) is 4.74 Å². The summed E-state index contributed by atoms with van der Waals surface area (Å²) in [7, 11) is 0. The van der Waals surface area contributed by atoms with Crippen LogP contribution in [0.4, 0.5) is 11.4 Å². The monoisotopic (exact) mass is 308 g/mol. The highest BCUT2D eigenvalue weighted by Crippen LogP contribution is 2.30. The number of piperidine rings is 1. The molecule has 0 saturated carbocycles. The van der Waals surface area contributed by atoms with E-state index in [1.165, 1.54) is 12.1 Å². The van der Waals surface area contributed by atoms with E-state index in [9.17, 15) is 20.0 Å². The maximum absolute atomic E-state index is 12.1. The van der Waals surface area contributed by atoms with Crippen molar-refractivity contribution in [3.63, 3.8) is 0 Å². The highest BCUT2D eigenvalue weighted by Gasteiger charge is 2.25. The predicted molar refractivity (Wildman–Crippen MR) is 81.1 cm³/mol. The van der Waals surface area contributed by atoms with Gasteiger partial charge in [-0.3, -0.25) is 10.1 Å². The van der Waals surface area contributed by atoms with Crippen LogP contribution >= 0.6 is 0 Å². The van der Waals surface area contributed by atoms with Gasteiger partial charge in [0.25, 0.3) is 5.69 Å². The van der Waals surface area contributed by atoms with E-state index in [1.807, 2.05) is 4.90 Å². The zero-order valence-electron chi connectivity index (χ0n) is 12.5. The molecule has 2 rings (SSSR count). The van der Waals surface area contributed by atoms with E-state index in [4.69, 9.17) is 4.74 Å². The summed E-state index contributed by atoms with van der Waals surface area (Å²) in [6.07, 6.45) is 1.85. The molecular formula is C15H20N2O5. The van der Waals surface area contributed by atoms with Crippen molar-refractivity contribution in [1.29, 1.82) is 0 Å². The largest absolute Gasteiger partial charge is 0.462 e. The molecule has 1 aliphatic heterocycles. The zero-order chi connectivity index (χ0) is 16.1. The molecule has 1 aliphatic rings. The number of aliphatic hydroxyl groups excluding tert-OH is 1. The Hall–Kier alpha value is -2.15. The van der Waals surface area contributed by atoms with Gasteiger partial charge in [0.1, 0.15) is 0 Å². The highest BCUT2D eigenvalue weighted by molar-refractivity contribution is 5.96. The number of carbonyl (C=O) groups is 1. The van der Waals surface area contributed by atoms with E-state index in [0.717, 1.165) is 19.4 Å². The third-order valence-electron chi connectivity index (χ3n) is 3.80. The molecular weight excluding hydrogens is 288 g/mol. The van der Waals surface area contributed by atoms with Gasteiger partial charge in [-0.1, -0.05) is 0 Å². The van der Waals surface area contributed by atoms with Crippen molar-refractivity contribution < 1.29 is 19.6 Å². The third-order valence-corrected chi connectivity index (χ3v) is 3.80. The van der Waals surface area contributed by atoms with Crippen molar-refractivity contribution in [3.05, 3.63) is 33.9 Å². The van der Waals surface area contributed by atoms with Crippen LogP contribution in [0.1, 0.15) is 30.1 Å². The van der Waals surface area contributed by atoms with Crippen molar-refractivity contribution in [2.45, 2.75) is 19.8 Å². The SMILES string of the molecule is CCOC(=O)c1cc([N+](=O)[O-])ccc1N1CCCC(CO)C1. The summed E-state index contributed by atoms with van der Waals surface area (Å²) in [5.41, 5.74) is 0.694. The molecule has 1 N–H and O–H groups in total. The van der Waals surface area contributed by atoms with Crippen LogP contribution in [0.15, 0.2) is 18.2 Å². The molecule has 120 valence electrons.